The van der Waals surface area contributed by atoms with Gasteiger partial charge in [-0.25, -0.2) is 10.4 Å². The molecule has 0 radical (unpaired) electrons. The zero-order chi connectivity index (χ0) is 14.5. The fourth-order valence-corrected chi connectivity index (χ4v) is 2.04. The van der Waals surface area contributed by atoms with Crippen molar-refractivity contribution < 1.29 is 0 Å². The molecule has 0 unspecified atom stereocenters. The minimum absolute atomic E-state index is 0.247. The van der Waals surface area contributed by atoms with Crippen LogP contribution in [0, 0.1) is 0 Å². The molecule has 5 nitrogen and oxygen atoms in total. The van der Waals surface area contributed by atoms with E-state index in [1.807, 2.05) is 60.8 Å². The third-order valence-electron chi connectivity index (χ3n) is 3.01. The van der Waals surface area contributed by atoms with Gasteiger partial charge in [0.25, 0.3) is 0 Å². The van der Waals surface area contributed by atoms with E-state index in [2.05, 4.69) is 20.5 Å². The third-order valence-corrected chi connectivity index (χ3v) is 3.01. The minimum Gasteiger partial charge on any atom is -0.368 e. The predicted molar refractivity (Wildman–Crippen MR) is 86.8 cm³/mol. The van der Waals surface area contributed by atoms with Crippen LogP contribution in [0.25, 0.3) is 10.9 Å². The summed E-state index contributed by atoms with van der Waals surface area (Å²) in [5.74, 6) is 0.247. The maximum absolute atomic E-state index is 5.78. The van der Waals surface area contributed by atoms with Crippen molar-refractivity contribution in [1.29, 1.82) is 0 Å². The van der Waals surface area contributed by atoms with Crippen LogP contribution < -0.4 is 11.2 Å². The van der Waals surface area contributed by atoms with Crippen LogP contribution in [0.1, 0.15) is 5.56 Å². The fraction of sp³-hybridized carbons (Fsp3) is 0. The van der Waals surface area contributed by atoms with Crippen LogP contribution in [0.15, 0.2) is 70.9 Å². The molecule has 0 amide bonds. The first-order valence-corrected chi connectivity index (χ1v) is 6.57. The third kappa shape index (κ3) is 3.09. The van der Waals surface area contributed by atoms with Crippen LogP contribution in [-0.2, 0) is 0 Å². The first-order chi connectivity index (χ1) is 10.3. The maximum atomic E-state index is 5.78. The van der Waals surface area contributed by atoms with Crippen molar-refractivity contribution in [3.05, 3.63) is 66.4 Å². The van der Waals surface area contributed by atoms with Crippen molar-refractivity contribution in [3.8, 4) is 0 Å². The lowest BCUT2D eigenvalue weighted by Crippen LogP contribution is -2.26. The molecule has 4 N–H and O–H groups in total. The molecule has 3 aromatic rings. The number of hydrazone groups is 1. The number of H-pyrrole nitrogens is 1. The molecule has 0 aliphatic heterocycles. The van der Waals surface area contributed by atoms with Crippen LogP contribution in [0.4, 0.5) is 5.69 Å². The topological polar surface area (TPSA) is 78.6 Å². The highest BCUT2D eigenvalue weighted by atomic mass is 15.3. The summed E-state index contributed by atoms with van der Waals surface area (Å²) in [4.78, 5) is 7.39. The van der Waals surface area contributed by atoms with Crippen molar-refractivity contribution in [2.45, 2.75) is 0 Å². The van der Waals surface area contributed by atoms with Gasteiger partial charge in [-0.3, -0.25) is 0 Å². The van der Waals surface area contributed by atoms with Crippen LogP contribution in [0.2, 0.25) is 0 Å². The molecule has 0 saturated carbocycles. The number of hydrogen-bond acceptors (Lipinski definition) is 2. The zero-order valence-electron chi connectivity index (χ0n) is 11.3. The largest absolute Gasteiger partial charge is 0.368 e. The molecule has 0 saturated heterocycles. The zero-order valence-corrected chi connectivity index (χ0v) is 11.3. The predicted octanol–water partition coefficient (Wildman–Crippen LogP) is 2.74. The molecular weight excluding hydrogens is 262 g/mol. The van der Waals surface area contributed by atoms with Crippen LogP contribution in [-0.4, -0.2) is 17.2 Å². The number of hydrogen-bond donors (Lipinski definition) is 3. The second kappa shape index (κ2) is 5.92. The van der Waals surface area contributed by atoms with E-state index in [9.17, 15) is 0 Å². The van der Waals surface area contributed by atoms with Gasteiger partial charge in [0.15, 0.2) is 0 Å². The molecule has 0 spiro atoms. The van der Waals surface area contributed by atoms with Gasteiger partial charge in [-0.1, -0.05) is 36.4 Å². The van der Waals surface area contributed by atoms with E-state index >= 15 is 0 Å². The molecular formula is C16H15N5. The summed E-state index contributed by atoms with van der Waals surface area (Å²) in [6.07, 6.45) is 3.62. The Morgan fingerprint density at radius 3 is 2.67 bits per heavy atom. The number of rotatable bonds is 3. The molecule has 0 fully saturated rings. The molecule has 0 aliphatic rings. The summed E-state index contributed by atoms with van der Waals surface area (Å²) in [5, 5.41) is 5.22. The lowest BCUT2D eigenvalue weighted by Gasteiger charge is -1.98. The SMILES string of the molecule is NC(=Nc1ccccc1)N/N=C/c1c[nH]c2ccccc12. The molecule has 0 aliphatic carbocycles. The van der Waals surface area contributed by atoms with Crippen LogP contribution >= 0.6 is 0 Å². The number of benzene rings is 2. The smallest absolute Gasteiger partial charge is 0.214 e. The normalized spacial score (nSPS) is 12.1. The van der Waals surface area contributed by atoms with E-state index in [4.69, 9.17) is 5.73 Å². The molecule has 3 rings (SSSR count). The van der Waals surface area contributed by atoms with Gasteiger partial charge in [-0.2, -0.15) is 5.10 Å². The molecule has 104 valence electrons. The van der Waals surface area contributed by atoms with E-state index in [-0.39, 0.29) is 5.96 Å². The Morgan fingerprint density at radius 1 is 1.05 bits per heavy atom. The number of aromatic amines is 1. The van der Waals surface area contributed by atoms with Gasteiger partial charge < -0.3 is 10.7 Å². The molecule has 2 aromatic carbocycles. The Labute approximate surface area is 122 Å². The number of aromatic nitrogens is 1. The van der Waals surface area contributed by atoms with E-state index < -0.39 is 0 Å². The van der Waals surface area contributed by atoms with Gasteiger partial charge in [0.05, 0.1) is 11.9 Å². The Morgan fingerprint density at radius 2 is 1.81 bits per heavy atom. The van der Waals surface area contributed by atoms with Gasteiger partial charge in [0.2, 0.25) is 5.96 Å². The van der Waals surface area contributed by atoms with Gasteiger partial charge >= 0.3 is 0 Å². The molecule has 0 bridgehead atoms. The lowest BCUT2D eigenvalue weighted by molar-refractivity contribution is 1.01. The summed E-state index contributed by atoms with van der Waals surface area (Å²) in [5.41, 5.74) is 11.3. The number of guanidine groups is 1. The molecule has 21 heavy (non-hydrogen) atoms. The lowest BCUT2D eigenvalue weighted by atomic mass is 10.2. The van der Waals surface area contributed by atoms with E-state index in [1.165, 1.54) is 0 Å². The van der Waals surface area contributed by atoms with Gasteiger partial charge in [-0.15, -0.1) is 0 Å². The van der Waals surface area contributed by atoms with E-state index in [0.717, 1.165) is 22.2 Å². The quantitative estimate of drug-likeness (QED) is 0.391. The monoisotopic (exact) mass is 277 g/mol. The number of para-hydroxylation sites is 2. The van der Waals surface area contributed by atoms with Crippen molar-refractivity contribution in [1.82, 2.24) is 10.4 Å². The van der Waals surface area contributed by atoms with Gasteiger partial charge in [0.1, 0.15) is 0 Å². The Hall–Kier alpha value is -3.08. The average molecular weight is 277 g/mol. The Bertz CT molecular complexity index is 787. The summed E-state index contributed by atoms with van der Waals surface area (Å²) in [6.45, 7) is 0. The van der Waals surface area contributed by atoms with E-state index in [0.29, 0.717) is 0 Å². The first kappa shape index (κ1) is 12.9. The second-order valence-corrected chi connectivity index (χ2v) is 4.49. The maximum Gasteiger partial charge on any atom is 0.214 e. The van der Waals surface area contributed by atoms with Crippen molar-refractivity contribution >= 4 is 28.8 Å². The fourth-order valence-electron chi connectivity index (χ4n) is 2.04. The summed E-state index contributed by atoms with van der Waals surface area (Å²) < 4.78 is 0. The molecule has 5 heteroatoms. The summed E-state index contributed by atoms with van der Waals surface area (Å²) in [6, 6.07) is 17.5. The number of aliphatic imine (C=N–C) groups is 1. The number of nitrogens with two attached hydrogens (primary N) is 1. The highest BCUT2D eigenvalue weighted by Crippen LogP contribution is 2.15. The molecule has 1 aromatic heterocycles. The number of nitrogens with zero attached hydrogens (tertiary/aromatic N) is 2. The van der Waals surface area contributed by atoms with Crippen LogP contribution in [0.3, 0.4) is 0 Å². The average Bonchev–Trinajstić information content (AvgIpc) is 2.92. The Kier molecular flexibility index (Phi) is 3.64. The Balaban J connectivity index is 1.71. The number of nitrogens with one attached hydrogen (secondary N) is 2. The summed E-state index contributed by atoms with van der Waals surface area (Å²) in [7, 11) is 0. The van der Waals surface area contributed by atoms with Crippen molar-refractivity contribution in [2.75, 3.05) is 0 Å². The van der Waals surface area contributed by atoms with Crippen molar-refractivity contribution in [3.63, 3.8) is 0 Å². The highest BCUT2D eigenvalue weighted by Gasteiger charge is 1.99. The van der Waals surface area contributed by atoms with Crippen molar-refractivity contribution in [2.24, 2.45) is 15.8 Å². The summed E-state index contributed by atoms with van der Waals surface area (Å²) >= 11 is 0. The minimum atomic E-state index is 0.247. The second-order valence-electron chi connectivity index (χ2n) is 4.49. The van der Waals surface area contributed by atoms with E-state index in [1.54, 1.807) is 6.21 Å². The van der Waals surface area contributed by atoms with Gasteiger partial charge in [0, 0.05) is 22.7 Å². The highest BCUT2D eigenvalue weighted by molar-refractivity contribution is 5.99. The molecule has 0 atom stereocenters. The van der Waals surface area contributed by atoms with Crippen LogP contribution in [0.5, 0.6) is 0 Å². The standard InChI is InChI=1S/C16H15N5/c17-16(20-13-6-2-1-3-7-13)21-19-11-12-10-18-15-9-5-4-8-14(12)15/h1-11,18H,(H3,17,20,21)/b19-11+. The molecule has 1 heterocycles. The number of fused-ring (bicyclic) bond motifs is 1. The first-order valence-electron chi connectivity index (χ1n) is 6.57. The van der Waals surface area contributed by atoms with Gasteiger partial charge in [-0.05, 0) is 18.2 Å².